The molecule has 0 unspecified atom stereocenters. The predicted molar refractivity (Wildman–Crippen MR) is 101 cm³/mol. The molecule has 2 fully saturated rings. The third-order valence-electron chi connectivity index (χ3n) is 6.24. The Bertz CT molecular complexity index is 810. The Morgan fingerprint density at radius 2 is 1.96 bits per heavy atom. The lowest BCUT2D eigenvalue weighted by atomic mass is 9.91. The molecule has 0 spiro atoms. The summed E-state index contributed by atoms with van der Waals surface area (Å²) in [7, 11) is 0. The van der Waals surface area contributed by atoms with E-state index in [2.05, 4.69) is 19.8 Å². The molecule has 7 nitrogen and oxygen atoms in total. The van der Waals surface area contributed by atoms with Gasteiger partial charge in [-0.1, -0.05) is 6.42 Å². The summed E-state index contributed by atoms with van der Waals surface area (Å²) >= 11 is 0. The monoisotopic (exact) mass is 367 g/mol. The normalized spacial score (nSPS) is 21.0. The molecular formula is C20H25N5O2. The molecule has 2 aromatic rings. The summed E-state index contributed by atoms with van der Waals surface area (Å²) in [5, 5.41) is 0. The zero-order valence-corrected chi connectivity index (χ0v) is 15.5. The molecule has 0 N–H and O–H groups in total. The van der Waals surface area contributed by atoms with Crippen molar-refractivity contribution >= 4 is 11.7 Å². The van der Waals surface area contributed by atoms with Gasteiger partial charge in [-0.25, -0.2) is 9.97 Å². The summed E-state index contributed by atoms with van der Waals surface area (Å²) in [6.45, 7) is 5.52. The molecule has 1 saturated heterocycles. The third kappa shape index (κ3) is 3.10. The number of hydrogen-bond donors (Lipinski definition) is 0. The summed E-state index contributed by atoms with van der Waals surface area (Å²) < 4.78 is 5.05. The number of aromatic nitrogens is 2. The maximum atomic E-state index is 12.6. The van der Waals surface area contributed by atoms with Gasteiger partial charge in [0.2, 0.25) is 0 Å². The summed E-state index contributed by atoms with van der Waals surface area (Å²) in [6.07, 6.45) is 9.61. The first-order valence-electron chi connectivity index (χ1n) is 9.93. The van der Waals surface area contributed by atoms with Crippen molar-refractivity contribution in [2.45, 2.75) is 38.3 Å². The number of amides is 1. The van der Waals surface area contributed by atoms with Gasteiger partial charge in [0.25, 0.3) is 5.91 Å². The van der Waals surface area contributed by atoms with Gasteiger partial charge in [0.15, 0.2) is 0 Å². The van der Waals surface area contributed by atoms with Crippen molar-refractivity contribution in [3.63, 3.8) is 0 Å². The minimum absolute atomic E-state index is 0.00340. The zero-order valence-electron chi connectivity index (χ0n) is 15.5. The van der Waals surface area contributed by atoms with Gasteiger partial charge in [0, 0.05) is 44.3 Å². The second-order valence-corrected chi connectivity index (χ2v) is 7.72. The maximum Gasteiger partial charge on any atom is 0.257 e. The van der Waals surface area contributed by atoms with Gasteiger partial charge in [0.1, 0.15) is 18.4 Å². The van der Waals surface area contributed by atoms with Gasteiger partial charge >= 0.3 is 0 Å². The maximum absolute atomic E-state index is 12.6. The minimum atomic E-state index is 0.00340. The van der Waals surface area contributed by atoms with Crippen molar-refractivity contribution in [3.05, 3.63) is 41.7 Å². The fourth-order valence-electron chi connectivity index (χ4n) is 4.40. The first kappa shape index (κ1) is 16.7. The zero-order chi connectivity index (χ0) is 18.2. The Hall–Kier alpha value is -2.41. The molecule has 0 radical (unpaired) electrons. The van der Waals surface area contributed by atoms with Crippen LogP contribution in [0.3, 0.4) is 0 Å². The molecule has 2 aliphatic heterocycles. The van der Waals surface area contributed by atoms with E-state index in [4.69, 9.17) is 4.42 Å². The van der Waals surface area contributed by atoms with Crippen LogP contribution in [0.15, 0.2) is 29.3 Å². The van der Waals surface area contributed by atoms with E-state index in [9.17, 15) is 4.79 Å². The van der Waals surface area contributed by atoms with Crippen molar-refractivity contribution in [2.75, 3.05) is 37.6 Å². The summed E-state index contributed by atoms with van der Waals surface area (Å²) in [5.74, 6) is 1.08. The number of hydrogen-bond acceptors (Lipinski definition) is 6. The van der Waals surface area contributed by atoms with E-state index in [-0.39, 0.29) is 5.91 Å². The second-order valence-electron chi connectivity index (χ2n) is 7.72. The van der Waals surface area contributed by atoms with Gasteiger partial charge < -0.3 is 14.2 Å². The lowest BCUT2D eigenvalue weighted by Gasteiger charge is -2.43. The first-order valence-corrected chi connectivity index (χ1v) is 9.93. The molecule has 3 aliphatic rings. The molecule has 2 aromatic heterocycles. The fraction of sp³-hybridized carbons (Fsp3) is 0.550. The SMILES string of the molecule is O=C(c1ccoc1)N1CCc2c(ncnc2N2CCN(C3CCC3)CC2)C1. The van der Waals surface area contributed by atoms with Crippen LogP contribution in [-0.4, -0.2) is 64.4 Å². The fourth-order valence-corrected chi connectivity index (χ4v) is 4.40. The molecular weight excluding hydrogens is 342 g/mol. The van der Waals surface area contributed by atoms with Gasteiger partial charge in [-0.2, -0.15) is 0 Å². The smallest absolute Gasteiger partial charge is 0.257 e. The Morgan fingerprint density at radius 1 is 1.11 bits per heavy atom. The van der Waals surface area contributed by atoms with Gasteiger partial charge in [-0.3, -0.25) is 9.69 Å². The molecule has 0 aromatic carbocycles. The third-order valence-corrected chi connectivity index (χ3v) is 6.24. The highest BCUT2D eigenvalue weighted by Gasteiger charge is 2.31. The summed E-state index contributed by atoms with van der Waals surface area (Å²) in [4.78, 5) is 28.6. The van der Waals surface area contributed by atoms with Crippen LogP contribution in [0.2, 0.25) is 0 Å². The average Bonchev–Trinajstić information content (AvgIpc) is 3.20. The Labute approximate surface area is 159 Å². The molecule has 142 valence electrons. The van der Waals surface area contributed by atoms with Crippen LogP contribution in [0, 0.1) is 0 Å². The van der Waals surface area contributed by atoms with Crippen LogP contribution < -0.4 is 4.90 Å². The van der Waals surface area contributed by atoms with E-state index in [1.54, 1.807) is 12.4 Å². The van der Waals surface area contributed by atoms with Crippen LogP contribution in [0.1, 0.15) is 40.9 Å². The van der Waals surface area contributed by atoms with Crippen LogP contribution in [-0.2, 0) is 13.0 Å². The number of carbonyl (C=O) groups excluding carboxylic acids is 1. The Balaban J connectivity index is 1.30. The standard InChI is InChI=1S/C20H25N5O2/c26-20(15-5-11-27-13-15)25-6-4-17-18(12-25)21-14-22-19(17)24-9-7-23(8-10-24)16-2-1-3-16/h5,11,13-14,16H,1-4,6-10,12H2. The van der Waals surface area contributed by atoms with Crippen molar-refractivity contribution in [1.29, 1.82) is 0 Å². The lowest BCUT2D eigenvalue weighted by molar-refractivity contribution is 0.0731. The first-order chi connectivity index (χ1) is 13.3. The minimum Gasteiger partial charge on any atom is -0.472 e. The van der Waals surface area contributed by atoms with E-state index in [0.29, 0.717) is 18.7 Å². The van der Waals surface area contributed by atoms with E-state index in [0.717, 1.165) is 50.2 Å². The molecule has 0 bridgehead atoms. The number of fused-ring (bicyclic) bond motifs is 1. The van der Waals surface area contributed by atoms with Crippen molar-refractivity contribution in [1.82, 2.24) is 19.8 Å². The number of carbonyl (C=O) groups is 1. The Morgan fingerprint density at radius 3 is 2.67 bits per heavy atom. The topological polar surface area (TPSA) is 65.7 Å². The highest BCUT2D eigenvalue weighted by molar-refractivity contribution is 5.94. The van der Waals surface area contributed by atoms with E-state index >= 15 is 0 Å². The van der Waals surface area contributed by atoms with E-state index in [1.165, 1.54) is 37.4 Å². The molecule has 1 saturated carbocycles. The molecule has 1 aliphatic carbocycles. The van der Waals surface area contributed by atoms with Crippen molar-refractivity contribution in [3.8, 4) is 0 Å². The van der Waals surface area contributed by atoms with Gasteiger partial charge in [0.05, 0.1) is 24.1 Å². The molecule has 4 heterocycles. The molecule has 0 atom stereocenters. The quantitative estimate of drug-likeness (QED) is 0.826. The van der Waals surface area contributed by atoms with Crippen LogP contribution in [0.4, 0.5) is 5.82 Å². The number of anilines is 1. The number of furan rings is 1. The number of nitrogens with zero attached hydrogens (tertiary/aromatic N) is 5. The second kappa shape index (κ2) is 6.96. The average molecular weight is 367 g/mol. The van der Waals surface area contributed by atoms with E-state index < -0.39 is 0 Å². The van der Waals surface area contributed by atoms with Crippen LogP contribution in [0.5, 0.6) is 0 Å². The summed E-state index contributed by atoms with van der Waals surface area (Å²) in [5.41, 5.74) is 2.79. The van der Waals surface area contributed by atoms with E-state index in [1.807, 2.05) is 4.90 Å². The molecule has 7 heteroatoms. The highest BCUT2D eigenvalue weighted by Crippen LogP contribution is 2.29. The largest absolute Gasteiger partial charge is 0.472 e. The van der Waals surface area contributed by atoms with Crippen molar-refractivity contribution < 1.29 is 9.21 Å². The van der Waals surface area contributed by atoms with Gasteiger partial charge in [-0.15, -0.1) is 0 Å². The highest BCUT2D eigenvalue weighted by atomic mass is 16.3. The van der Waals surface area contributed by atoms with Crippen LogP contribution in [0.25, 0.3) is 0 Å². The number of piperazine rings is 1. The lowest BCUT2D eigenvalue weighted by Crippen LogP contribution is -2.52. The Kier molecular flexibility index (Phi) is 4.32. The molecule has 5 rings (SSSR count). The summed E-state index contributed by atoms with van der Waals surface area (Å²) in [6, 6.07) is 2.53. The molecule has 27 heavy (non-hydrogen) atoms. The van der Waals surface area contributed by atoms with Gasteiger partial charge in [-0.05, 0) is 25.3 Å². The van der Waals surface area contributed by atoms with Crippen LogP contribution >= 0.6 is 0 Å². The predicted octanol–water partition coefficient (Wildman–Crippen LogP) is 1.94. The number of rotatable bonds is 3. The molecule has 1 amide bonds. The van der Waals surface area contributed by atoms with Crippen molar-refractivity contribution in [2.24, 2.45) is 0 Å².